The van der Waals surface area contributed by atoms with Crippen molar-refractivity contribution in [1.82, 2.24) is 106 Å². The van der Waals surface area contributed by atoms with Gasteiger partial charge in [-0.15, -0.1) is 0 Å². The number of hydrogen-bond acceptors (Lipinski definition) is 25. The van der Waals surface area contributed by atoms with Crippen LogP contribution in [0.4, 0.5) is 0 Å². The lowest BCUT2D eigenvalue weighted by atomic mass is 10.0. The number of aromatic hydroxyl groups is 1. The monoisotopic (exact) mass is 1880 g/mol. The summed E-state index contributed by atoms with van der Waals surface area (Å²) in [6.07, 6.45) is -3.95. The Labute approximate surface area is 764 Å². The van der Waals surface area contributed by atoms with Crippen molar-refractivity contribution in [2.45, 2.75) is 207 Å². The normalized spacial score (nSPS) is 13.8. The van der Waals surface area contributed by atoms with Crippen LogP contribution in [-0.4, -0.2) is 281 Å². The zero-order valence-corrected chi connectivity index (χ0v) is 73.8. The third-order valence-electron chi connectivity index (χ3n) is 19.6. The first-order valence-corrected chi connectivity index (χ1v) is 42.6. The van der Waals surface area contributed by atoms with Crippen LogP contribution in [-0.2, 0) is 84.8 Å². The number of benzene rings is 2. The number of carboxylic acids is 2. The zero-order chi connectivity index (χ0) is 98.7. The molecule has 0 radical (unpaired) electrons. The molecule has 0 fully saturated rings. The van der Waals surface area contributed by atoms with Gasteiger partial charge in [-0.05, 0) is 133 Å². The van der Waals surface area contributed by atoms with E-state index in [0.717, 1.165) is 0 Å². The molecule has 0 unspecified atom stereocenters. The predicted molar refractivity (Wildman–Crippen MR) is 487 cm³/mol. The highest BCUT2D eigenvalue weighted by Gasteiger charge is 2.39. The molecule has 0 aliphatic rings. The standard InChI is InChI=1S/C77H128N36O18S/c1-38(78)58(118)102-44(13-4-26-94-71(80)81)59(119)105-50(19-10-32-100-77(92)93)65(125)112-54(35-56(79)115)69(129)108-47(16-7-29-97-74(86)87)62(122)104-45(14-5-27-95-72(82)83)60(120)103-46(15-6-28-96-73(84)85)61(121)106-49(18-9-31-99-76(90)91)64(124)111-53(34-40-36-101-43-12-3-2-11-42(40)43)68(128)107-48(17-8-30-98-75(88)89)63(123)109-51(24-25-57(116)117)66(126)110-52(33-39-20-22-41(114)23-21-39)67(127)113-55(37-132)70(130)131/h2-3,11-12,20-23,36,38,44-55,101,114,132H,4-10,13-19,24-35,37,78H2,1H3,(H2,79,115)(H,102,118)(H,103,120)(H,104,122)(H,105,119)(H,106,121)(H,107,128)(H,108,129)(H,109,123)(H,110,126)(H,111,124)(H,112,125)(H,113,127)(H,116,117)(H,130,131)(H4,80,81,94)(H4,82,83,95)(H4,84,85,96)(H4,86,87,97)(H4,88,89,98)(H4,90,91,99)(H4,92,93,100)/t38-,44-,45-,46-,47-,48-,49-,50-,51-,52-,53-,54-,55-/m0/s1. The van der Waals surface area contributed by atoms with Gasteiger partial charge in [-0.25, -0.2) is 4.79 Å². The van der Waals surface area contributed by atoms with Gasteiger partial charge in [-0.3, -0.25) is 105 Å². The fourth-order valence-corrected chi connectivity index (χ4v) is 13.1. The summed E-state index contributed by atoms with van der Waals surface area (Å²) >= 11 is 4.01. The van der Waals surface area contributed by atoms with E-state index < -0.39 is 234 Å². The van der Waals surface area contributed by atoms with E-state index in [4.69, 9.17) is 89.5 Å². The molecular formula is C77H128N36O18S. The third-order valence-corrected chi connectivity index (χ3v) is 20.0. The number of nitrogens with two attached hydrogens (primary N) is 9. The van der Waals surface area contributed by atoms with Crippen molar-refractivity contribution in [1.29, 1.82) is 37.9 Å². The highest BCUT2D eigenvalue weighted by molar-refractivity contribution is 7.80. The largest absolute Gasteiger partial charge is 0.508 e. The zero-order valence-electron chi connectivity index (χ0n) is 72.9. The van der Waals surface area contributed by atoms with Gasteiger partial charge < -0.3 is 173 Å². The first-order valence-electron chi connectivity index (χ1n) is 42.0. The van der Waals surface area contributed by atoms with Crippen LogP contribution < -0.4 is 153 Å². The molecule has 132 heavy (non-hydrogen) atoms. The van der Waals surface area contributed by atoms with Crippen LogP contribution in [0.25, 0.3) is 10.9 Å². The predicted octanol–water partition coefficient (Wildman–Crippen LogP) is -10.6. The van der Waals surface area contributed by atoms with Gasteiger partial charge in [0.1, 0.15) is 78.3 Å². The smallest absolute Gasteiger partial charge is 0.327 e. The van der Waals surface area contributed by atoms with Crippen LogP contribution in [0.5, 0.6) is 5.75 Å². The Morgan fingerprint density at radius 2 is 0.606 bits per heavy atom. The minimum atomic E-state index is -1.95. The first kappa shape index (κ1) is 111. The molecule has 730 valence electrons. The Hall–Kier alpha value is -15.0. The van der Waals surface area contributed by atoms with E-state index in [2.05, 4.69) is 119 Å². The second kappa shape index (κ2) is 59.2. The lowest BCUT2D eigenvalue weighted by Gasteiger charge is -2.29. The van der Waals surface area contributed by atoms with Gasteiger partial charge in [0.25, 0.3) is 0 Å². The molecule has 55 heteroatoms. The van der Waals surface area contributed by atoms with E-state index in [-0.39, 0.29) is 154 Å². The van der Waals surface area contributed by atoms with Crippen LogP contribution in [0.3, 0.4) is 0 Å². The number of hydrogen-bond donors (Lipinski definition) is 40. The first-order chi connectivity index (χ1) is 62.4. The Balaban J connectivity index is 2.23. The number of guanidine groups is 7. The molecule has 0 saturated carbocycles. The number of carboxylic acid groups (broad SMARTS) is 2. The molecule has 0 aliphatic heterocycles. The van der Waals surface area contributed by atoms with Crippen molar-refractivity contribution in [3.63, 3.8) is 0 Å². The number of amides is 13. The Bertz CT molecular complexity index is 4480. The van der Waals surface area contributed by atoms with Crippen molar-refractivity contribution in [2.24, 2.45) is 51.6 Å². The van der Waals surface area contributed by atoms with E-state index >= 15 is 19.2 Å². The number of primary amides is 1. The van der Waals surface area contributed by atoms with Gasteiger partial charge in [0, 0.05) is 87.9 Å². The van der Waals surface area contributed by atoms with Crippen LogP contribution >= 0.6 is 12.6 Å². The Morgan fingerprint density at radius 1 is 0.348 bits per heavy atom. The number of aromatic nitrogens is 1. The number of phenols is 1. The average molecular weight is 1880 g/mol. The molecule has 0 aliphatic carbocycles. The summed E-state index contributed by atoms with van der Waals surface area (Å²) < 4.78 is 0. The maximum atomic E-state index is 15.4. The maximum absolute atomic E-state index is 15.4. The fourth-order valence-electron chi connectivity index (χ4n) is 12.8. The topological polar surface area (TPSA) is 962 Å². The van der Waals surface area contributed by atoms with Gasteiger partial charge in [0.05, 0.1) is 12.5 Å². The quantitative estimate of drug-likeness (QED) is 0.0108. The number of thiol groups is 1. The van der Waals surface area contributed by atoms with Gasteiger partial charge >= 0.3 is 11.9 Å². The fraction of sp³-hybridized carbons (Fsp3) is 0.532. The van der Waals surface area contributed by atoms with E-state index in [1.807, 2.05) is 0 Å². The van der Waals surface area contributed by atoms with Crippen LogP contribution in [0.1, 0.15) is 127 Å². The van der Waals surface area contributed by atoms with Crippen LogP contribution in [0.2, 0.25) is 0 Å². The number of para-hydroxylation sites is 1. The molecule has 0 bridgehead atoms. The number of H-pyrrole nitrogens is 1. The lowest BCUT2D eigenvalue weighted by Crippen LogP contribution is -2.61. The van der Waals surface area contributed by atoms with Crippen molar-refractivity contribution < 1.29 is 87.2 Å². The molecule has 3 aromatic rings. The summed E-state index contributed by atoms with van der Waals surface area (Å²) in [6, 6.07) is -9.32. The van der Waals surface area contributed by atoms with Gasteiger partial charge in [0.15, 0.2) is 41.7 Å². The van der Waals surface area contributed by atoms with E-state index in [1.54, 1.807) is 24.3 Å². The molecule has 13 amide bonds. The summed E-state index contributed by atoms with van der Waals surface area (Å²) in [7, 11) is 0. The van der Waals surface area contributed by atoms with Crippen LogP contribution in [0, 0.1) is 37.9 Å². The number of rotatable bonds is 63. The van der Waals surface area contributed by atoms with Crippen molar-refractivity contribution in [2.75, 3.05) is 51.6 Å². The second-order valence-electron chi connectivity index (χ2n) is 30.5. The molecule has 3 rings (SSSR count). The highest BCUT2D eigenvalue weighted by Crippen LogP contribution is 2.21. The average Bonchev–Trinajstić information content (AvgIpc) is 1.64. The minimum absolute atomic E-state index is 0.00867. The minimum Gasteiger partial charge on any atom is -0.508 e. The molecule has 54 nitrogen and oxygen atoms in total. The molecule has 13 atom stereocenters. The van der Waals surface area contributed by atoms with E-state index in [1.165, 1.54) is 37.4 Å². The highest BCUT2D eigenvalue weighted by atomic mass is 32.1. The Kier molecular flexibility index (Phi) is 49.9. The number of aliphatic carboxylic acids is 2. The SMILES string of the molecule is C[C@H](N)C(=O)N[C@@H](CCCNC(=N)N)C(=O)N[C@@H](CCCNC(=N)N)C(=O)N[C@@H](CC(N)=O)C(=O)N[C@@H](CCCNC(=N)N)C(=O)N[C@@H](CCCNC(=N)N)C(=O)N[C@@H](CCCNC(=N)N)C(=O)N[C@@H](CCCNC(=N)N)C(=O)N[C@@H](Cc1c[nH]c2ccccc12)C(=O)N[C@@H](CCCNC(=N)N)C(=O)N[C@@H](CCC(=O)O)C(=O)N[C@@H](Cc1ccc(O)cc1)C(=O)N[C@@H](CS)C(=O)O. The molecule has 1 aromatic heterocycles. The molecular weight excluding hydrogens is 1750 g/mol. The number of nitrogens with one attached hydrogen (secondary N) is 27. The molecule has 2 aromatic carbocycles. The van der Waals surface area contributed by atoms with Crippen molar-refractivity contribution in [3.8, 4) is 5.75 Å². The van der Waals surface area contributed by atoms with Crippen molar-refractivity contribution in [3.05, 3.63) is 65.9 Å². The Morgan fingerprint density at radius 3 is 0.886 bits per heavy atom. The summed E-state index contributed by atoms with van der Waals surface area (Å²) in [5, 5.41) is 132. The van der Waals surface area contributed by atoms with E-state index in [9.17, 15) is 68.1 Å². The number of fused-ring (bicyclic) bond motifs is 1. The maximum Gasteiger partial charge on any atom is 0.327 e. The molecule has 0 spiro atoms. The lowest BCUT2D eigenvalue weighted by molar-refractivity contribution is -0.141. The summed E-state index contributed by atoms with van der Waals surface area (Å²) in [4.78, 5) is 216. The van der Waals surface area contributed by atoms with Crippen molar-refractivity contribution >= 4 is 154 Å². The third kappa shape index (κ3) is 44.6. The number of carbonyl (C=O) groups is 15. The van der Waals surface area contributed by atoms with Crippen LogP contribution in [0.15, 0.2) is 54.7 Å². The van der Waals surface area contributed by atoms with Gasteiger partial charge in [0.2, 0.25) is 76.8 Å². The molecule has 1 heterocycles. The summed E-state index contributed by atoms with van der Waals surface area (Å²) in [6.45, 7) is 0.827. The van der Waals surface area contributed by atoms with Gasteiger partial charge in [-0.1, -0.05) is 30.3 Å². The summed E-state index contributed by atoms with van der Waals surface area (Å²) in [5.41, 5.74) is 51.6. The number of aromatic amines is 1. The molecule has 0 saturated heterocycles. The number of carbonyl (C=O) groups excluding carboxylic acids is 13. The summed E-state index contributed by atoms with van der Waals surface area (Å²) in [5.74, 6) is -21.0. The van der Waals surface area contributed by atoms with E-state index in [0.29, 0.717) is 22.0 Å². The molecule has 48 N–H and O–H groups in total. The number of phenolic OH excluding ortho intramolecular Hbond substituents is 1. The second-order valence-corrected chi connectivity index (χ2v) is 30.8. The van der Waals surface area contributed by atoms with Gasteiger partial charge in [-0.2, -0.15) is 12.6 Å².